The minimum absolute atomic E-state index is 0.342. The van der Waals surface area contributed by atoms with Crippen molar-refractivity contribution in [2.45, 2.75) is 57.5 Å². The van der Waals surface area contributed by atoms with Gasteiger partial charge >= 0.3 is 0 Å². The molecule has 0 bridgehead atoms. The monoisotopic (exact) mass is 212 g/mol. The molecule has 1 N–H and O–H groups in total. The maximum Gasteiger partial charge on any atom is 0.157 e. The molecule has 0 aromatic rings. The van der Waals surface area contributed by atoms with Crippen LogP contribution in [-0.4, -0.2) is 22.5 Å². The minimum Gasteiger partial charge on any atom is -0.360 e. The van der Waals surface area contributed by atoms with E-state index in [-0.39, 0.29) is 0 Å². The summed E-state index contributed by atoms with van der Waals surface area (Å²) in [5.41, 5.74) is 0.342. The zero-order valence-corrected chi connectivity index (χ0v) is 9.99. The van der Waals surface area contributed by atoms with Crippen LogP contribution in [0.2, 0.25) is 0 Å². The number of amidine groups is 1. The Morgan fingerprint density at radius 3 is 2.79 bits per heavy atom. The maximum absolute atomic E-state index is 4.68. The summed E-state index contributed by atoms with van der Waals surface area (Å²) in [6, 6.07) is 0.563. The van der Waals surface area contributed by atoms with Crippen LogP contribution in [0.4, 0.5) is 0 Å². The molecule has 80 valence electrons. The summed E-state index contributed by atoms with van der Waals surface area (Å²) in [6.07, 6.45) is 6.54. The summed E-state index contributed by atoms with van der Waals surface area (Å²) in [6.45, 7) is 4.55. The summed E-state index contributed by atoms with van der Waals surface area (Å²) in [5.74, 6) is 1.18. The van der Waals surface area contributed by atoms with Crippen LogP contribution in [0.3, 0.4) is 0 Å². The molecular weight excluding hydrogens is 192 g/mol. The van der Waals surface area contributed by atoms with Gasteiger partial charge in [-0.15, -0.1) is 0 Å². The van der Waals surface area contributed by atoms with Crippen molar-refractivity contribution in [2.75, 3.05) is 5.75 Å². The molecule has 1 saturated carbocycles. The highest BCUT2D eigenvalue weighted by atomic mass is 32.2. The molecule has 1 heterocycles. The van der Waals surface area contributed by atoms with E-state index in [1.807, 2.05) is 11.8 Å². The van der Waals surface area contributed by atoms with Gasteiger partial charge in [-0.25, -0.2) is 0 Å². The number of nitrogens with zero attached hydrogens (tertiary/aromatic N) is 1. The van der Waals surface area contributed by atoms with Crippen molar-refractivity contribution in [2.24, 2.45) is 4.99 Å². The Morgan fingerprint density at radius 1 is 1.50 bits per heavy atom. The van der Waals surface area contributed by atoms with E-state index in [2.05, 4.69) is 24.2 Å². The van der Waals surface area contributed by atoms with Crippen LogP contribution in [0.25, 0.3) is 0 Å². The van der Waals surface area contributed by atoms with Gasteiger partial charge in [0.15, 0.2) is 5.17 Å². The lowest BCUT2D eigenvalue weighted by molar-refractivity contribution is 0.434. The number of rotatable bonds is 2. The Morgan fingerprint density at radius 2 is 2.21 bits per heavy atom. The van der Waals surface area contributed by atoms with Gasteiger partial charge in [0.25, 0.3) is 0 Å². The first kappa shape index (κ1) is 10.3. The first-order valence-corrected chi connectivity index (χ1v) is 6.69. The van der Waals surface area contributed by atoms with Crippen LogP contribution in [0.15, 0.2) is 4.99 Å². The van der Waals surface area contributed by atoms with Crippen molar-refractivity contribution in [3.8, 4) is 0 Å². The van der Waals surface area contributed by atoms with Gasteiger partial charge in [-0.2, -0.15) is 0 Å². The lowest BCUT2D eigenvalue weighted by Crippen LogP contribution is -2.41. The zero-order valence-electron chi connectivity index (χ0n) is 9.18. The van der Waals surface area contributed by atoms with Gasteiger partial charge in [0.1, 0.15) is 0 Å². The van der Waals surface area contributed by atoms with Gasteiger partial charge in [0.05, 0.1) is 6.04 Å². The van der Waals surface area contributed by atoms with Gasteiger partial charge < -0.3 is 5.32 Å². The second-order valence-corrected chi connectivity index (χ2v) is 5.71. The van der Waals surface area contributed by atoms with Crippen LogP contribution < -0.4 is 5.32 Å². The first-order valence-electron chi connectivity index (χ1n) is 5.71. The van der Waals surface area contributed by atoms with Crippen molar-refractivity contribution in [3.63, 3.8) is 0 Å². The topological polar surface area (TPSA) is 24.4 Å². The second kappa shape index (κ2) is 4.13. The molecule has 0 saturated heterocycles. The number of thioether (sulfide) groups is 1. The Hall–Kier alpha value is -0.180. The number of nitrogens with one attached hydrogen (secondary N) is 1. The van der Waals surface area contributed by atoms with Crippen molar-refractivity contribution in [3.05, 3.63) is 0 Å². The zero-order chi connectivity index (χ0) is 10.0. The predicted octanol–water partition coefficient (Wildman–Crippen LogP) is 2.79. The molecule has 0 aromatic carbocycles. The lowest BCUT2D eigenvalue weighted by Gasteiger charge is -2.25. The standard InChI is InChI=1S/C11H20N2S/c1-3-9-8-14-10(12-9)13-11(2)6-4-5-7-11/h9H,3-8H2,1-2H3,(H,12,13). The highest BCUT2D eigenvalue weighted by Gasteiger charge is 2.30. The third-order valence-corrected chi connectivity index (χ3v) is 4.33. The minimum atomic E-state index is 0.342. The van der Waals surface area contributed by atoms with Crippen LogP contribution in [0.1, 0.15) is 46.0 Å². The van der Waals surface area contributed by atoms with E-state index >= 15 is 0 Å². The average Bonchev–Trinajstić information content (AvgIpc) is 2.75. The molecule has 2 rings (SSSR count). The number of hydrogen-bond acceptors (Lipinski definition) is 3. The van der Waals surface area contributed by atoms with Crippen molar-refractivity contribution < 1.29 is 0 Å². The molecule has 0 amide bonds. The fourth-order valence-electron chi connectivity index (χ4n) is 2.23. The lowest BCUT2D eigenvalue weighted by atomic mass is 10.0. The molecule has 1 aliphatic carbocycles. The number of hydrogen-bond donors (Lipinski definition) is 1. The van der Waals surface area contributed by atoms with Crippen LogP contribution in [-0.2, 0) is 0 Å². The van der Waals surface area contributed by atoms with E-state index < -0.39 is 0 Å². The molecule has 1 unspecified atom stereocenters. The van der Waals surface area contributed by atoms with Gasteiger partial charge in [-0.3, -0.25) is 4.99 Å². The highest BCUT2D eigenvalue weighted by Crippen LogP contribution is 2.31. The van der Waals surface area contributed by atoms with E-state index in [9.17, 15) is 0 Å². The normalized spacial score (nSPS) is 30.4. The first-order chi connectivity index (χ1) is 6.72. The summed E-state index contributed by atoms with van der Waals surface area (Å²) >= 11 is 1.90. The molecular formula is C11H20N2S. The summed E-state index contributed by atoms with van der Waals surface area (Å²) in [4.78, 5) is 4.68. The number of aliphatic imine (C=N–C) groups is 1. The smallest absolute Gasteiger partial charge is 0.157 e. The van der Waals surface area contributed by atoms with Crippen molar-refractivity contribution in [1.82, 2.24) is 5.32 Å². The van der Waals surface area contributed by atoms with Gasteiger partial charge in [-0.05, 0) is 26.2 Å². The van der Waals surface area contributed by atoms with Crippen LogP contribution in [0.5, 0.6) is 0 Å². The Labute approximate surface area is 90.9 Å². The molecule has 0 radical (unpaired) electrons. The third-order valence-electron chi connectivity index (χ3n) is 3.30. The molecule has 3 heteroatoms. The quantitative estimate of drug-likeness (QED) is 0.761. The van der Waals surface area contributed by atoms with Crippen LogP contribution >= 0.6 is 11.8 Å². The van der Waals surface area contributed by atoms with E-state index in [1.54, 1.807) is 0 Å². The maximum atomic E-state index is 4.68. The fourth-order valence-corrected chi connectivity index (χ4v) is 3.43. The van der Waals surface area contributed by atoms with E-state index in [0.717, 1.165) is 0 Å². The Balaban J connectivity index is 1.91. The molecule has 1 atom stereocenters. The van der Waals surface area contributed by atoms with E-state index in [4.69, 9.17) is 0 Å². The van der Waals surface area contributed by atoms with Crippen molar-refractivity contribution >= 4 is 16.9 Å². The molecule has 0 aromatic heterocycles. The summed E-state index contributed by atoms with van der Waals surface area (Å²) in [5, 5.41) is 4.83. The Kier molecular flexibility index (Phi) is 3.05. The average molecular weight is 212 g/mol. The summed E-state index contributed by atoms with van der Waals surface area (Å²) < 4.78 is 0. The molecule has 1 fully saturated rings. The highest BCUT2D eigenvalue weighted by molar-refractivity contribution is 8.14. The van der Waals surface area contributed by atoms with Gasteiger partial charge in [-0.1, -0.05) is 31.5 Å². The molecule has 14 heavy (non-hydrogen) atoms. The van der Waals surface area contributed by atoms with Crippen LogP contribution in [0, 0.1) is 0 Å². The van der Waals surface area contributed by atoms with Gasteiger partial charge in [0.2, 0.25) is 0 Å². The van der Waals surface area contributed by atoms with E-state index in [0.29, 0.717) is 11.6 Å². The molecule has 2 aliphatic rings. The van der Waals surface area contributed by atoms with Gasteiger partial charge in [0, 0.05) is 11.3 Å². The largest absolute Gasteiger partial charge is 0.360 e. The second-order valence-electron chi connectivity index (χ2n) is 4.70. The fraction of sp³-hybridized carbons (Fsp3) is 0.909. The Bertz CT molecular complexity index is 231. The molecule has 2 nitrogen and oxygen atoms in total. The predicted molar refractivity (Wildman–Crippen MR) is 64.0 cm³/mol. The van der Waals surface area contributed by atoms with E-state index in [1.165, 1.54) is 43.0 Å². The molecule has 1 aliphatic heterocycles. The SMILES string of the molecule is CCC1CSC(NC2(C)CCCC2)=N1. The molecule has 0 spiro atoms. The van der Waals surface area contributed by atoms with Crippen molar-refractivity contribution in [1.29, 1.82) is 0 Å². The third kappa shape index (κ3) is 2.25. The summed E-state index contributed by atoms with van der Waals surface area (Å²) in [7, 11) is 0.